The van der Waals surface area contributed by atoms with Crippen LogP contribution in [0.2, 0.25) is 5.02 Å². The molecular formula is C26H24ClF2N7O2. The van der Waals surface area contributed by atoms with Gasteiger partial charge in [-0.25, -0.2) is 23.5 Å². The van der Waals surface area contributed by atoms with Crippen LogP contribution in [0.5, 0.6) is 0 Å². The van der Waals surface area contributed by atoms with E-state index in [-0.39, 0.29) is 10.6 Å². The van der Waals surface area contributed by atoms with E-state index in [0.29, 0.717) is 47.2 Å². The van der Waals surface area contributed by atoms with Crippen LogP contribution < -0.4 is 10.6 Å². The fourth-order valence-corrected chi connectivity index (χ4v) is 6.09. The Labute approximate surface area is 221 Å². The highest BCUT2D eigenvalue weighted by Gasteiger charge is 2.58. The fraction of sp³-hybridized carbons (Fsp3) is 0.385. The number of alkyl carbamates (subject to hydrolysis) is 1. The predicted molar refractivity (Wildman–Crippen MR) is 136 cm³/mol. The summed E-state index contributed by atoms with van der Waals surface area (Å²) in [5, 5.41) is 13.3. The predicted octanol–water partition coefficient (Wildman–Crippen LogP) is 5.52. The number of carbonyl (C=O) groups is 1. The van der Waals surface area contributed by atoms with Crippen LogP contribution in [0.15, 0.2) is 42.7 Å². The van der Waals surface area contributed by atoms with E-state index in [0.717, 1.165) is 25.2 Å². The molecule has 0 saturated heterocycles. The van der Waals surface area contributed by atoms with E-state index in [4.69, 9.17) is 16.3 Å². The maximum Gasteiger partial charge on any atom is 0.407 e. The number of aromatic nitrogens is 5. The second kappa shape index (κ2) is 8.65. The lowest BCUT2D eigenvalue weighted by molar-refractivity contribution is -0.0532. The molecule has 2 bridgehead atoms. The number of hydrogen-bond donors (Lipinski definition) is 3. The lowest BCUT2D eigenvalue weighted by atomic mass is 9.50. The van der Waals surface area contributed by atoms with E-state index in [9.17, 15) is 9.18 Å². The van der Waals surface area contributed by atoms with Gasteiger partial charge in [0.05, 0.1) is 10.7 Å². The molecule has 1 aromatic carbocycles. The quantitative estimate of drug-likeness (QED) is 0.298. The highest BCUT2D eigenvalue weighted by atomic mass is 35.5. The van der Waals surface area contributed by atoms with Crippen LogP contribution >= 0.6 is 11.6 Å². The highest BCUT2D eigenvalue weighted by Crippen LogP contribution is 2.57. The summed E-state index contributed by atoms with van der Waals surface area (Å²) >= 11 is 5.97. The third-order valence-corrected chi connectivity index (χ3v) is 8.30. The summed E-state index contributed by atoms with van der Waals surface area (Å²) in [4.78, 5) is 21.3. The van der Waals surface area contributed by atoms with Crippen molar-refractivity contribution in [1.29, 1.82) is 0 Å². The Morgan fingerprint density at radius 1 is 1.21 bits per heavy atom. The summed E-state index contributed by atoms with van der Waals surface area (Å²) in [6.07, 6.45) is 4.68. The molecule has 38 heavy (non-hydrogen) atoms. The molecule has 0 unspecified atom stereocenters. The topological polar surface area (TPSA) is 109 Å². The van der Waals surface area contributed by atoms with Crippen molar-refractivity contribution >= 4 is 35.1 Å². The van der Waals surface area contributed by atoms with Crippen LogP contribution in [0.3, 0.4) is 0 Å². The lowest BCUT2D eigenvalue weighted by Gasteiger charge is -2.61. The molecule has 3 atom stereocenters. The Hall–Kier alpha value is -3.73. The van der Waals surface area contributed by atoms with Gasteiger partial charge in [-0.1, -0.05) is 11.6 Å². The van der Waals surface area contributed by atoms with Crippen molar-refractivity contribution in [3.63, 3.8) is 0 Å². The molecule has 0 spiro atoms. The number of rotatable bonds is 6. The van der Waals surface area contributed by atoms with Gasteiger partial charge in [-0.15, -0.1) is 0 Å². The number of aromatic amines is 1. The molecule has 9 nitrogen and oxygen atoms in total. The number of H-pyrrole nitrogens is 1. The summed E-state index contributed by atoms with van der Waals surface area (Å²) < 4.78 is 36.2. The van der Waals surface area contributed by atoms with Gasteiger partial charge in [0, 0.05) is 47.2 Å². The molecule has 196 valence electrons. The molecule has 3 N–H and O–H groups in total. The molecule has 4 saturated carbocycles. The Kier molecular flexibility index (Phi) is 5.33. The Balaban J connectivity index is 1.07. The number of amides is 1. The number of imidazole rings is 1. The molecule has 0 aliphatic heterocycles. The van der Waals surface area contributed by atoms with Gasteiger partial charge >= 0.3 is 6.09 Å². The molecule has 12 heteroatoms. The summed E-state index contributed by atoms with van der Waals surface area (Å²) in [5.74, 6) is 0.602. The summed E-state index contributed by atoms with van der Waals surface area (Å²) in [6, 6.07) is 7.88. The molecule has 4 fully saturated rings. The summed E-state index contributed by atoms with van der Waals surface area (Å²) in [5.41, 5.74) is 2.29. The number of fused-ring (bicyclic) bond motifs is 1. The van der Waals surface area contributed by atoms with Crippen LogP contribution in [-0.2, 0) is 4.74 Å². The number of hydrogen-bond acceptors (Lipinski definition) is 6. The van der Waals surface area contributed by atoms with Gasteiger partial charge < -0.3 is 15.4 Å². The minimum Gasteiger partial charge on any atom is -0.443 e. The lowest BCUT2D eigenvalue weighted by Crippen LogP contribution is -2.68. The van der Waals surface area contributed by atoms with Gasteiger partial charge in [-0.05, 0) is 56.2 Å². The van der Waals surface area contributed by atoms with E-state index in [1.54, 1.807) is 35.0 Å². The molecule has 1 amide bonds. The maximum atomic E-state index is 15.3. The van der Waals surface area contributed by atoms with E-state index in [2.05, 4.69) is 30.8 Å². The van der Waals surface area contributed by atoms with E-state index in [1.807, 2.05) is 0 Å². The van der Waals surface area contributed by atoms with Gasteiger partial charge in [0.25, 0.3) is 0 Å². The Morgan fingerprint density at radius 3 is 2.82 bits per heavy atom. The number of nitrogens with one attached hydrogen (secondary N) is 3. The summed E-state index contributed by atoms with van der Waals surface area (Å²) in [6.45, 7) is 0. The first-order valence-electron chi connectivity index (χ1n) is 12.6. The Morgan fingerprint density at radius 2 is 2.05 bits per heavy atom. The first-order valence-corrected chi connectivity index (χ1v) is 13.0. The fourth-order valence-electron chi connectivity index (χ4n) is 5.91. The number of halogens is 3. The summed E-state index contributed by atoms with van der Waals surface area (Å²) in [7, 11) is 0. The van der Waals surface area contributed by atoms with Gasteiger partial charge in [-0.3, -0.25) is 9.50 Å². The SMILES string of the molecule is O=C(NC12CC(C1)C2)O[C@H]1CC[C@@H](c2cc(Nc3nc(-c4ccc(F)c(Cl)c4)cc4nccn34)n[nH]2)[C@@H]1F. The monoisotopic (exact) mass is 539 g/mol. The zero-order valence-corrected chi connectivity index (χ0v) is 20.9. The first kappa shape index (κ1) is 23.4. The first-order chi connectivity index (χ1) is 18.4. The second-order valence-corrected chi connectivity index (χ2v) is 10.9. The van der Waals surface area contributed by atoms with Crippen LogP contribution in [0.1, 0.15) is 43.7 Å². The van der Waals surface area contributed by atoms with Gasteiger partial charge in [0.2, 0.25) is 5.95 Å². The zero-order chi connectivity index (χ0) is 26.0. The smallest absolute Gasteiger partial charge is 0.407 e. The van der Waals surface area contributed by atoms with Crippen LogP contribution in [0, 0.1) is 11.7 Å². The number of nitrogens with zero attached hydrogens (tertiary/aromatic N) is 4. The molecule has 0 radical (unpaired) electrons. The molecule has 4 aliphatic rings. The van der Waals surface area contributed by atoms with Crippen LogP contribution in [-0.4, -0.2) is 48.5 Å². The minimum absolute atomic E-state index is 0.00419. The molecular weight excluding hydrogens is 516 g/mol. The van der Waals surface area contributed by atoms with Crippen molar-refractivity contribution in [3.8, 4) is 11.3 Å². The zero-order valence-electron chi connectivity index (χ0n) is 20.1. The van der Waals surface area contributed by atoms with Crippen molar-refractivity contribution < 1.29 is 18.3 Å². The average molecular weight is 540 g/mol. The molecule has 3 heterocycles. The number of ether oxygens (including phenoxy) is 1. The number of anilines is 2. The van der Waals surface area contributed by atoms with Gasteiger partial charge in [0.15, 0.2) is 5.82 Å². The third-order valence-electron chi connectivity index (χ3n) is 8.01. The van der Waals surface area contributed by atoms with Crippen molar-refractivity contribution in [3.05, 3.63) is 59.3 Å². The van der Waals surface area contributed by atoms with Crippen molar-refractivity contribution in [1.82, 2.24) is 29.9 Å². The number of carbonyl (C=O) groups excluding carboxylic acids is 1. The third kappa shape index (κ3) is 3.96. The average Bonchev–Trinajstić information content (AvgIpc) is 3.58. The van der Waals surface area contributed by atoms with E-state index < -0.39 is 30.1 Å². The largest absolute Gasteiger partial charge is 0.443 e. The maximum absolute atomic E-state index is 15.3. The Bertz CT molecular complexity index is 1540. The van der Waals surface area contributed by atoms with E-state index in [1.165, 1.54) is 12.1 Å². The van der Waals surface area contributed by atoms with Crippen molar-refractivity contribution in [2.75, 3.05) is 5.32 Å². The highest BCUT2D eigenvalue weighted by molar-refractivity contribution is 6.31. The minimum atomic E-state index is -1.34. The second-order valence-electron chi connectivity index (χ2n) is 10.5. The normalized spacial score (nSPS) is 27.6. The van der Waals surface area contributed by atoms with Gasteiger partial charge in [-0.2, -0.15) is 5.10 Å². The van der Waals surface area contributed by atoms with Crippen LogP contribution in [0.25, 0.3) is 16.9 Å². The van der Waals surface area contributed by atoms with E-state index >= 15 is 4.39 Å². The standard InChI is InChI=1S/C26H24ClF2N7O2/c27-16-7-14(1-3-17(16)28)18-9-22-30-5-6-36(22)24(31-18)32-21-8-19(34-35-21)15-2-4-20(23(15)29)38-25(37)33-26-10-13(11-26)12-26/h1,3,5-9,13,15,20,23H,2,4,10-12H2,(H,33,37)(H2,31,32,34,35)/t13?,15-,20-,23-,26?/m0/s1. The van der Waals surface area contributed by atoms with Crippen LogP contribution in [0.4, 0.5) is 25.3 Å². The number of benzene rings is 1. The number of alkyl halides is 1. The molecule has 8 rings (SSSR count). The molecule has 4 aromatic rings. The van der Waals surface area contributed by atoms with Gasteiger partial charge in [0.1, 0.15) is 23.7 Å². The van der Waals surface area contributed by atoms with Crippen molar-refractivity contribution in [2.45, 2.75) is 55.8 Å². The molecule has 4 aliphatic carbocycles. The molecule has 3 aromatic heterocycles. The van der Waals surface area contributed by atoms with Crippen molar-refractivity contribution in [2.24, 2.45) is 5.92 Å².